The molecular weight excluding hydrogens is 411 g/mol. The maximum Gasteiger partial charge on any atom is 0.417 e. The van der Waals surface area contributed by atoms with Gasteiger partial charge in [-0.3, -0.25) is 4.98 Å². The molecule has 0 saturated carbocycles. The Kier molecular flexibility index (Phi) is 7.91. The maximum atomic E-state index is 13.7. The van der Waals surface area contributed by atoms with Gasteiger partial charge >= 0.3 is 6.18 Å². The Balaban J connectivity index is 0.00000141. The molecule has 0 spiro atoms. The number of alkyl halides is 3. The van der Waals surface area contributed by atoms with Crippen molar-refractivity contribution in [2.75, 3.05) is 18.9 Å². The number of hydrogen-bond donors (Lipinski definition) is 2. The third kappa shape index (κ3) is 5.13. The fourth-order valence-corrected chi connectivity index (χ4v) is 4.17. The summed E-state index contributed by atoms with van der Waals surface area (Å²) in [5, 5.41) is 3.46. The molecule has 0 saturated heterocycles. The Labute approximate surface area is 187 Å². The molecule has 0 fully saturated rings. The zero-order valence-corrected chi connectivity index (χ0v) is 18.6. The predicted molar refractivity (Wildman–Crippen MR) is 126 cm³/mol. The summed E-state index contributed by atoms with van der Waals surface area (Å²) in [6.07, 6.45) is 0.363. The maximum absolute atomic E-state index is 13.7. The molecule has 3 N–H and O–H groups in total. The second kappa shape index (κ2) is 10.6. The third-order valence-corrected chi connectivity index (χ3v) is 5.59. The van der Waals surface area contributed by atoms with Crippen LogP contribution in [0.3, 0.4) is 0 Å². The lowest BCUT2D eigenvalue weighted by atomic mass is 9.87. The minimum absolute atomic E-state index is 0.138. The van der Waals surface area contributed by atoms with E-state index in [1.807, 2.05) is 30.3 Å². The van der Waals surface area contributed by atoms with Gasteiger partial charge in [-0.1, -0.05) is 43.3 Å². The van der Waals surface area contributed by atoms with Gasteiger partial charge in [0.1, 0.15) is 0 Å². The molecule has 2 aromatic carbocycles. The van der Waals surface area contributed by atoms with E-state index in [0.717, 1.165) is 67.2 Å². The molecule has 3 nitrogen and oxygen atoms in total. The van der Waals surface area contributed by atoms with Crippen LogP contribution < -0.4 is 11.1 Å². The van der Waals surface area contributed by atoms with Gasteiger partial charge in [0.2, 0.25) is 0 Å². The summed E-state index contributed by atoms with van der Waals surface area (Å²) in [4.78, 5) is 4.72. The van der Waals surface area contributed by atoms with Crippen LogP contribution in [0.2, 0.25) is 0 Å². The highest BCUT2D eigenvalue weighted by Crippen LogP contribution is 2.41. The Bertz CT molecular complexity index is 1040. The first kappa shape index (κ1) is 23.8. The molecule has 1 heterocycles. The summed E-state index contributed by atoms with van der Waals surface area (Å²) < 4.78 is 41.0. The van der Waals surface area contributed by atoms with Gasteiger partial charge in [-0.25, -0.2) is 0 Å². The third-order valence-electron chi connectivity index (χ3n) is 5.59. The second-order valence-corrected chi connectivity index (χ2v) is 7.70. The first-order valence-corrected chi connectivity index (χ1v) is 11.1. The predicted octanol–water partition coefficient (Wildman–Crippen LogP) is 6.71. The topological polar surface area (TPSA) is 50.9 Å². The van der Waals surface area contributed by atoms with Crippen LogP contribution in [0.25, 0.3) is 22.4 Å². The number of aryl methyl sites for hydroxylation is 1. The van der Waals surface area contributed by atoms with Crippen molar-refractivity contribution in [3.63, 3.8) is 0 Å². The van der Waals surface area contributed by atoms with E-state index in [-0.39, 0.29) is 5.56 Å². The Morgan fingerprint density at radius 1 is 0.906 bits per heavy atom. The lowest BCUT2D eigenvalue weighted by molar-refractivity contribution is -0.137. The van der Waals surface area contributed by atoms with Gasteiger partial charge in [0.15, 0.2) is 0 Å². The fraction of sp³-hybridized carbons (Fsp3) is 0.346. The van der Waals surface area contributed by atoms with Crippen LogP contribution in [-0.4, -0.2) is 18.6 Å². The number of fused-ring (bicyclic) bond motifs is 1. The van der Waals surface area contributed by atoms with Crippen LogP contribution in [0.1, 0.15) is 43.0 Å². The van der Waals surface area contributed by atoms with E-state index < -0.39 is 11.7 Å². The highest BCUT2D eigenvalue weighted by Gasteiger charge is 2.34. The summed E-state index contributed by atoms with van der Waals surface area (Å²) >= 11 is 0. The average molecular weight is 442 g/mol. The van der Waals surface area contributed by atoms with Gasteiger partial charge in [0.25, 0.3) is 0 Å². The van der Waals surface area contributed by atoms with E-state index in [4.69, 9.17) is 4.98 Å². The van der Waals surface area contributed by atoms with Crippen molar-refractivity contribution in [3.05, 3.63) is 71.4 Å². The van der Waals surface area contributed by atoms with E-state index in [1.54, 1.807) is 6.07 Å². The van der Waals surface area contributed by atoms with Crippen molar-refractivity contribution in [3.8, 4) is 22.4 Å². The van der Waals surface area contributed by atoms with Crippen LogP contribution >= 0.6 is 0 Å². The molecular formula is C26H30F3N3. The van der Waals surface area contributed by atoms with E-state index in [0.29, 0.717) is 5.69 Å². The number of anilines is 1. The van der Waals surface area contributed by atoms with E-state index in [2.05, 4.69) is 18.0 Å². The molecule has 1 aromatic heterocycles. The van der Waals surface area contributed by atoms with Crippen molar-refractivity contribution >= 4 is 5.69 Å². The number of benzene rings is 2. The molecule has 170 valence electrons. The molecule has 3 aromatic rings. The normalized spacial score (nSPS) is 13.1. The van der Waals surface area contributed by atoms with Crippen LogP contribution in [0.4, 0.5) is 18.9 Å². The quantitative estimate of drug-likeness (QED) is 0.463. The zero-order chi connectivity index (χ0) is 23.1. The van der Waals surface area contributed by atoms with Gasteiger partial charge in [0, 0.05) is 29.1 Å². The van der Waals surface area contributed by atoms with Gasteiger partial charge < -0.3 is 11.1 Å². The molecule has 0 radical (unpaired) electrons. The van der Waals surface area contributed by atoms with Crippen LogP contribution in [0.5, 0.6) is 0 Å². The van der Waals surface area contributed by atoms with Crippen LogP contribution in [0.15, 0.2) is 54.6 Å². The number of nitrogens with two attached hydrogens (primary N) is 1. The largest absolute Gasteiger partial charge is 0.417 e. The number of nitrogens with one attached hydrogen (secondary N) is 1. The van der Waals surface area contributed by atoms with Gasteiger partial charge in [0.05, 0.1) is 11.3 Å². The summed E-state index contributed by atoms with van der Waals surface area (Å²) in [6.45, 7) is 2.95. The van der Waals surface area contributed by atoms with E-state index in [1.165, 1.54) is 24.7 Å². The van der Waals surface area contributed by atoms with Crippen molar-refractivity contribution < 1.29 is 13.2 Å². The summed E-state index contributed by atoms with van der Waals surface area (Å²) in [7, 11) is 1.50. The average Bonchev–Trinajstić information content (AvgIpc) is 2.83. The van der Waals surface area contributed by atoms with Gasteiger partial charge in [-0.2, -0.15) is 13.2 Å². The highest BCUT2D eigenvalue weighted by atomic mass is 19.4. The monoisotopic (exact) mass is 441 g/mol. The molecule has 0 amide bonds. The molecule has 32 heavy (non-hydrogen) atoms. The van der Waals surface area contributed by atoms with Gasteiger partial charge in [-0.15, -0.1) is 0 Å². The number of nitrogens with zero attached hydrogens (tertiary/aromatic N) is 1. The van der Waals surface area contributed by atoms with E-state index >= 15 is 0 Å². The Morgan fingerprint density at radius 3 is 2.28 bits per heavy atom. The molecule has 0 atom stereocenters. The second-order valence-electron chi connectivity index (χ2n) is 7.70. The first-order chi connectivity index (χ1) is 15.5. The lowest BCUT2D eigenvalue weighted by Gasteiger charge is -2.23. The molecule has 1 aliphatic rings. The summed E-state index contributed by atoms with van der Waals surface area (Å²) in [6, 6.07) is 15.6. The number of para-hydroxylation sites is 1. The Hall–Kier alpha value is -2.86. The van der Waals surface area contributed by atoms with Crippen molar-refractivity contribution in [1.82, 2.24) is 4.98 Å². The number of aromatic nitrogens is 1. The number of hydrogen-bond acceptors (Lipinski definition) is 3. The lowest BCUT2D eigenvalue weighted by Crippen LogP contribution is -2.11. The fourth-order valence-electron chi connectivity index (χ4n) is 4.17. The van der Waals surface area contributed by atoms with E-state index in [9.17, 15) is 13.2 Å². The molecule has 6 heteroatoms. The molecule has 0 bridgehead atoms. The van der Waals surface area contributed by atoms with Crippen molar-refractivity contribution in [2.45, 2.75) is 45.2 Å². The molecule has 0 aliphatic heterocycles. The van der Waals surface area contributed by atoms with Crippen LogP contribution in [0, 0.1) is 0 Å². The smallest absolute Gasteiger partial charge is 0.385 e. The molecule has 4 rings (SSSR count). The summed E-state index contributed by atoms with van der Waals surface area (Å²) in [5.41, 5.74) is 9.51. The Morgan fingerprint density at radius 2 is 1.56 bits per heavy atom. The van der Waals surface area contributed by atoms with Gasteiger partial charge in [-0.05, 0) is 68.5 Å². The van der Waals surface area contributed by atoms with Crippen LogP contribution in [-0.2, 0) is 19.0 Å². The SMILES string of the molecule is CCCNc1ccccc1-c1cc(-c2ccccc2C(F)(F)F)nc2c1CCCC2.CN. The first-order valence-electron chi connectivity index (χ1n) is 11.1. The minimum Gasteiger partial charge on any atom is -0.385 e. The standard InChI is InChI=1S/C25H25F3N2.CH5N/c1-2-15-29-22-13-7-4-9-17(22)20-16-24(30-23-14-8-5-10-18(20)23)19-11-3-6-12-21(19)25(26,27)28;1-2/h3-4,6-7,9,11-13,16,29H,2,5,8,10,14-15H2,1H3;2H2,1H3. The molecule has 0 unspecified atom stereocenters. The molecule has 1 aliphatic carbocycles. The number of halogens is 3. The number of pyridine rings is 1. The van der Waals surface area contributed by atoms with Crippen molar-refractivity contribution in [2.24, 2.45) is 5.73 Å². The summed E-state index contributed by atoms with van der Waals surface area (Å²) in [5.74, 6) is 0. The van der Waals surface area contributed by atoms with Crippen molar-refractivity contribution in [1.29, 1.82) is 0 Å². The zero-order valence-electron chi connectivity index (χ0n) is 18.6. The minimum atomic E-state index is -4.42. The highest BCUT2D eigenvalue weighted by molar-refractivity contribution is 5.83. The number of rotatable bonds is 5.